The molecule has 0 rings (SSSR count). The highest BCUT2D eigenvalue weighted by Crippen LogP contribution is 1.99. The summed E-state index contributed by atoms with van der Waals surface area (Å²) >= 11 is 0. The molecule has 0 spiro atoms. The molecule has 0 saturated carbocycles. The van der Waals surface area contributed by atoms with Gasteiger partial charge in [-0.25, -0.2) is 0 Å². The van der Waals surface area contributed by atoms with Crippen molar-refractivity contribution in [2.24, 2.45) is 11.7 Å². The Morgan fingerprint density at radius 2 is 1.71 bits per heavy atom. The Kier molecular flexibility index (Phi) is 14.5. The van der Waals surface area contributed by atoms with Gasteiger partial charge in [0.05, 0.1) is 0 Å². The number of nitrogens with two attached hydrogens (primary N) is 1. The number of amides is 1. The van der Waals surface area contributed by atoms with Gasteiger partial charge in [0, 0.05) is 31.1 Å². The zero-order valence-corrected chi connectivity index (χ0v) is 13.0. The zero-order chi connectivity index (χ0) is 12.0. The van der Waals surface area contributed by atoms with E-state index in [0.717, 1.165) is 6.54 Å². The SMILES string of the molecule is CC(N)C(C)C(=O)NCCN(C)C(C)C.Cl.Cl. The van der Waals surface area contributed by atoms with Crippen LogP contribution in [-0.2, 0) is 4.79 Å². The van der Waals surface area contributed by atoms with E-state index in [-0.39, 0.29) is 42.7 Å². The lowest BCUT2D eigenvalue weighted by Crippen LogP contribution is -2.42. The Morgan fingerprint density at radius 1 is 1.24 bits per heavy atom. The van der Waals surface area contributed by atoms with Gasteiger partial charge in [0.25, 0.3) is 0 Å². The van der Waals surface area contributed by atoms with Crippen LogP contribution in [0.2, 0.25) is 0 Å². The standard InChI is InChI=1S/C11H25N3O.2ClH/c1-8(2)14(5)7-6-13-11(15)9(3)10(4)12;;/h8-10H,6-7,12H2,1-5H3,(H,13,15);2*1H. The molecule has 0 aromatic rings. The van der Waals surface area contributed by atoms with E-state index in [9.17, 15) is 4.79 Å². The van der Waals surface area contributed by atoms with Gasteiger partial charge >= 0.3 is 0 Å². The molecule has 0 bridgehead atoms. The molecule has 17 heavy (non-hydrogen) atoms. The van der Waals surface area contributed by atoms with Crippen LogP contribution in [0.4, 0.5) is 0 Å². The molecule has 0 aliphatic heterocycles. The molecule has 1 amide bonds. The summed E-state index contributed by atoms with van der Waals surface area (Å²) in [6, 6.07) is 0.417. The molecule has 2 atom stereocenters. The summed E-state index contributed by atoms with van der Waals surface area (Å²) in [4.78, 5) is 13.7. The second-order valence-electron chi connectivity index (χ2n) is 4.51. The largest absolute Gasteiger partial charge is 0.355 e. The summed E-state index contributed by atoms with van der Waals surface area (Å²) in [6.45, 7) is 9.52. The number of halogens is 2. The fraction of sp³-hybridized carbons (Fsp3) is 0.909. The number of nitrogens with zero attached hydrogens (tertiary/aromatic N) is 1. The van der Waals surface area contributed by atoms with Crippen molar-refractivity contribution in [3.05, 3.63) is 0 Å². The smallest absolute Gasteiger partial charge is 0.224 e. The lowest BCUT2D eigenvalue weighted by molar-refractivity contribution is -0.124. The molecular weight excluding hydrogens is 261 g/mol. The highest BCUT2D eigenvalue weighted by atomic mass is 35.5. The highest BCUT2D eigenvalue weighted by Gasteiger charge is 2.16. The summed E-state index contributed by atoms with van der Waals surface area (Å²) in [5.74, 6) is -0.0727. The van der Waals surface area contributed by atoms with Gasteiger partial charge in [-0.15, -0.1) is 24.8 Å². The van der Waals surface area contributed by atoms with E-state index < -0.39 is 0 Å². The van der Waals surface area contributed by atoms with Crippen molar-refractivity contribution in [1.29, 1.82) is 0 Å². The van der Waals surface area contributed by atoms with Crippen LogP contribution >= 0.6 is 24.8 Å². The van der Waals surface area contributed by atoms with Crippen LogP contribution in [0.5, 0.6) is 0 Å². The number of rotatable bonds is 6. The predicted molar refractivity (Wildman–Crippen MR) is 78.1 cm³/mol. The van der Waals surface area contributed by atoms with Crippen LogP contribution in [0.25, 0.3) is 0 Å². The van der Waals surface area contributed by atoms with Gasteiger partial charge in [-0.1, -0.05) is 6.92 Å². The van der Waals surface area contributed by atoms with E-state index in [1.54, 1.807) is 0 Å². The van der Waals surface area contributed by atoms with Crippen molar-refractivity contribution >= 4 is 30.7 Å². The first-order valence-corrected chi connectivity index (χ1v) is 5.59. The number of nitrogens with one attached hydrogen (secondary N) is 1. The van der Waals surface area contributed by atoms with Crippen molar-refractivity contribution in [2.75, 3.05) is 20.1 Å². The Balaban J connectivity index is -0.000000980. The highest BCUT2D eigenvalue weighted by molar-refractivity contribution is 5.85. The lowest BCUT2D eigenvalue weighted by Gasteiger charge is -2.22. The molecule has 0 heterocycles. The van der Waals surface area contributed by atoms with Crippen LogP contribution in [0.3, 0.4) is 0 Å². The lowest BCUT2D eigenvalue weighted by atomic mass is 10.0. The van der Waals surface area contributed by atoms with E-state index in [0.29, 0.717) is 12.6 Å². The molecule has 3 N–H and O–H groups in total. The van der Waals surface area contributed by atoms with Crippen molar-refractivity contribution in [1.82, 2.24) is 10.2 Å². The van der Waals surface area contributed by atoms with Gasteiger partial charge in [-0.3, -0.25) is 4.79 Å². The topological polar surface area (TPSA) is 58.4 Å². The average Bonchev–Trinajstić information content (AvgIpc) is 2.15. The van der Waals surface area contributed by atoms with Gasteiger partial charge < -0.3 is 16.0 Å². The Bertz CT molecular complexity index is 201. The molecule has 0 aliphatic carbocycles. The summed E-state index contributed by atoms with van der Waals surface area (Å²) in [6.07, 6.45) is 0. The molecule has 0 aliphatic rings. The Morgan fingerprint density at radius 3 is 2.06 bits per heavy atom. The minimum Gasteiger partial charge on any atom is -0.355 e. The summed E-state index contributed by atoms with van der Waals surface area (Å²) < 4.78 is 0. The molecule has 0 saturated heterocycles. The minimum atomic E-state index is -0.116. The third kappa shape index (κ3) is 9.65. The van der Waals surface area contributed by atoms with Crippen LogP contribution in [0.1, 0.15) is 27.7 Å². The zero-order valence-electron chi connectivity index (χ0n) is 11.4. The van der Waals surface area contributed by atoms with Crippen molar-refractivity contribution in [3.8, 4) is 0 Å². The third-order valence-electron chi connectivity index (χ3n) is 2.85. The summed E-state index contributed by atoms with van der Waals surface area (Å²) in [7, 11) is 2.05. The quantitative estimate of drug-likeness (QED) is 0.774. The number of hydrogen-bond donors (Lipinski definition) is 2. The normalized spacial score (nSPS) is 13.6. The summed E-state index contributed by atoms with van der Waals surface area (Å²) in [5.41, 5.74) is 5.65. The van der Waals surface area contributed by atoms with Crippen molar-refractivity contribution in [2.45, 2.75) is 39.8 Å². The maximum atomic E-state index is 11.5. The molecular formula is C11H27Cl2N3O. The first-order chi connectivity index (χ1) is 6.86. The molecule has 0 aromatic carbocycles. The second kappa shape index (κ2) is 11.1. The first-order valence-electron chi connectivity index (χ1n) is 5.59. The van der Waals surface area contributed by atoms with Crippen molar-refractivity contribution < 1.29 is 4.79 Å². The van der Waals surface area contributed by atoms with Crippen molar-refractivity contribution in [3.63, 3.8) is 0 Å². The molecule has 106 valence electrons. The average molecular weight is 288 g/mol. The van der Waals surface area contributed by atoms with E-state index in [1.165, 1.54) is 0 Å². The van der Waals surface area contributed by atoms with Gasteiger partial charge in [-0.05, 0) is 27.8 Å². The van der Waals surface area contributed by atoms with E-state index in [2.05, 4.69) is 24.1 Å². The Labute approximate surface area is 118 Å². The number of likely N-dealkylation sites (N-methyl/N-ethyl adjacent to an activating group) is 1. The third-order valence-corrected chi connectivity index (χ3v) is 2.85. The maximum absolute atomic E-state index is 11.5. The van der Waals surface area contributed by atoms with Crippen LogP contribution < -0.4 is 11.1 Å². The second-order valence-corrected chi connectivity index (χ2v) is 4.51. The molecule has 0 aromatic heterocycles. The summed E-state index contributed by atoms with van der Waals surface area (Å²) in [5, 5.41) is 2.89. The molecule has 4 nitrogen and oxygen atoms in total. The number of hydrogen-bond acceptors (Lipinski definition) is 3. The van der Waals surface area contributed by atoms with Gasteiger partial charge in [0.15, 0.2) is 0 Å². The van der Waals surface area contributed by atoms with E-state index in [4.69, 9.17) is 5.73 Å². The number of carbonyl (C=O) groups is 1. The van der Waals surface area contributed by atoms with Gasteiger partial charge in [0.2, 0.25) is 5.91 Å². The monoisotopic (exact) mass is 287 g/mol. The van der Waals surface area contributed by atoms with Gasteiger partial charge in [-0.2, -0.15) is 0 Å². The number of carbonyl (C=O) groups excluding carboxylic acids is 1. The fourth-order valence-electron chi connectivity index (χ4n) is 1.01. The van der Waals surface area contributed by atoms with Gasteiger partial charge in [0.1, 0.15) is 0 Å². The first kappa shape index (κ1) is 22.2. The predicted octanol–water partition coefficient (Wildman–Crippen LogP) is 1.27. The maximum Gasteiger partial charge on any atom is 0.224 e. The van der Waals surface area contributed by atoms with E-state index in [1.807, 2.05) is 20.9 Å². The van der Waals surface area contributed by atoms with E-state index >= 15 is 0 Å². The van der Waals surface area contributed by atoms with Crippen LogP contribution in [0, 0.1) is 5.92 Å². The van der Waals surface area contributed by atoms with Crippen LogP contribution in [0.15, 0.2) is 0 Å². The Hall–Kier alpha value is -0.0300. The molecule has 6 heteroatoms. The molecule has 0 radical (unpaired) electrons. The minimum absolute atomic E-state index is 0. The molecule has 0 fully saturated rings. The fourth-order valence-corrected chi connectivity index (χ4v) is 1.01. The van der Waals surface area contributed by atoms with Crippen LogP contribution in [-0.4, -0.2) is 43.0 Å². The molecule has 2 unspecified atom stereocenters.